The third-order valence-electron chi connectivity index (χ3n) is 4.08. The minimum Gasteiger partial charge on any atom is -0.486 e. The Morgan fingerprint density at radius 3 is 2.67 bits per heavy atom. The molecule has 0 fully saturated rings. The van der Waals surface area contributed by atoms with E-state index in [9.17, 15) is 0 Å². The molecular formula is C18H18ClN3O2. The summed E-state index contributed by atoms with van der Waals surface area (Å²) in [6, 6.07) is 11.5. The average molecular weight is 344 g/mol. The van der Waals surface area contributed by atoms with Crippen molar-refractivity contribution in [2.75, 3.05) is 13.2 Å². The van der Waals surface area contributed by atoms with E-state index in [1.54, 1.807) is 0 Å². The second kappa shape index (κ2) is 6.00. The number of hydrogen-bond acceptors (Lipinski definition) is 4. The van der Waals surface area contributed by atoms with Gasteiger partial charge in [-0.2, -0.15) is 0 Å². The van der Waals surface area contributed by atoms with Gasteiger partial charge in [-0.3, -0.25) is 0 Å². The van der Waals surface area contributed by atoms with Crippen molar-refractivity contribution in [3.05, 3.63) is 52.8 Å². The van der Waals surface area contributed by atoms with Crippen LogP contribution in [-0.4, -0.2) is 22.8 Å². The van der Waals surface area contributed by atoms with Gasteiger partial charge in [0.1, 0.15) is 19.0 Å². The fraction of sp³-hybridized carbons (Fsp3) is 0.278. The highest BCUT2D eigenvalue weighted by molar-refractivity contribution is 6.30. The Morgan fingerprint density at radius 2 is 1.96 bits per heavy atom. The summed E-state index contributed by atoms with van der Waals surface area (Å²) in [5.74, 6) is 2.31. The Morgan fingerprint density at radius 1 is 1.21 bits per heavy atom. The lowest BCUT2D eigenvalue weighted by molar-refractivity contribution is 0.172. The van der Waals surface area contributed by atoms with Gasteiger partial charge in [-0.25, -0.2) is 4.98 Å². The highest BCUT2D eigenvalue weighted by Crippen LogP contribution is 2.35. The van der Waals surface area contributed by atoms with Gasteiger partial charge in [0.15, 0.2) is 11.5 Å². The Balaban J connectivity index is 1.86. The number of nitrogens with two attached hydrogens (primary N) is 1. The van der Waals surface area contributed by atoms with Crippen molar-refractivity contribution < 1.29 is 9.47 Å². The fourth-order valence-corrected chi connectivity index (χ4v) is 3.22. The Kier molecular flexibility index (Phi) is 3.82. The van der Waals surface area contributed by atoms with E-state index in [4.69, 9.17) is 31.8 Å². The lowest BCUT2D eigenvalue weighted by Crippen LogP contribution is -2.15. The zero-order chi connectivity index (χ0) is 16.7. The summed E-state index contributed by atoms with van der Waals surface area (Å²) in [6.45, 7) is 3.69. The number of ether oxygens (including phenoxy) is 2. The number of hydrogen-bond donors (Lipinski definition) is 1. The number of benzene rings is 2. The molecule has 0 spiro atoms. The van der Waals surface area contributed by atoms with Crippen LogP contribution in [0, 0.1) is 0 Å². The molecule has 2 aromatic carbocycles. The molecule has 4 rings (SSSR count). The van der Waals surface area contributed by atoms with E-state index in [1.165, 1.54) is 0 Å². The van der Waals surface area contributed by atoms with Crippen molar-refractivity contribution in [2.24, 2.45) is 5.73 Å². The summed E-state index contributed by atoms with van der Waals surface area (Å²) in [6.07, 6.45) is 0. The molecule has 3 aromatic rings. The predicted octanol–water partition coefficient (Wildman–Crippen LogP) is 3.53. The monoisotopic (exact) mass is 343 g/mol. The highest BCUT2D eigenvalue weighted by atomic mass is 35.5. The Hall–Kier alpha value is -2.24. The molecule has 24 heavy (non-hydrogen) atoms. The second-order valence-corrected chi connectivity index (χ2v) is 6.40. The summed E-state index contributed by atoms with van der Waals surface area (Å²) < 4.78 is 13.5. The van der Waals surface area contributed by atoms with Crippen molar-refractivity contribution in [1.29, 1.82) is 0 Å². The molecule has 1 atom stereocenters. The van der Waals surface area contributed by atoms with E-state index in [1.807, 2.05) is 43.3 Å². The summed E-state index contributed by atoms with van der Waals surface area (Å²) in [7, 11) is 0. The van der Waals surface area contributed by atoms with Crippen LogP contribution in [0.1, 0.15) is 24.4 Å². The molecule has 0 radical (unpaired) electrons. The van der Waals surface area contributed by atoms with Crippen molar-refractivity contribution >= 4 is 22.6 Å². The quantitative estimate of drug-likeness (QED) is 0.790. The minimum absolute atomic E-state index is 0.185. The molecule has 2 N–H and O–H groups in total. The molecule has 1 unspecified atom stereocenters. The zero-order valence-electron chi connectivity index (χ0n) is 13.3. The van der Waals surface area contributed by atoms with Gasteiger partial charge in [-0.05, 0) is 24.6 Å². The third-order valence-corrected chi connectivity index (χ3v) is 4.31. The maximum Gasteiger partial charge on any atom is 0.163 e. The molecule has 1 aliphatic heterocycles. The molecule has 2 heterocycles. The van der Waals surface area contributed by atoms with Gasteiger partial charge < -0.3 is 19.8 Å². The van der Waals surface area contributed by atoms with Crippen molar-refractivity contribution in [3.63, 3.8) is 0 Å². The molecule has 1 aliphatic rings. The van der Waals surface area contributed by atoms with Crippen LogP contribution >= 0.6 is 11.6 Å². The van der Waals surface area contributed by atoms with Crippen LogP contribution in [0.3, 0.4) is 0 Å². The molecule has 1 aromatic heterocycles. The summed E-state index contributed by atoms with van der Waals surface area (Å²) in [5, 5.41) is 0.716. The zero-order valence-corrected chi connectivity index (χ0v) is 14.1. The van der Waals surface area contributed by atoms with Gasteiger partial charge in [-0.1, -0.05) is 23.7 Å². The van der Waals surface area contributed by atoms with Crippen LogP contribution in [-0.2, 0) is 6.54 Å². The van der Waals surface area contributed by atoms with E-state index in [0.29, 0.717) is 24.8 Å². The number of halogens is 1. The lowest BCUT2D eigenvalue weighted by Gasteiger charge is -2.18. The molecule has 5 nitrogen and oxygen atoms in total. The molecule has 0 saturated heterocycles. The first-order valence-electron chi connectivity index (χ1n) is 7.91. The Bertz CT molecular complexity index is 905. The normalized spacial score (nSPS) is 14.8. The maximum absolute atomic E-state index is 6.14. The molecular weight excluding hydrogens is 326 g/mol. The van der Waals surface area contributed by atoms with E-state index < -0.39 is 0 Å². The number of aromatic nitrogens is 2. The molecule has 0 amide bonds. The number of fused-ring (bicyclic) bond motifs is 2. The fourth-order valence-electron chi connectivity index (χ4n) is 3.01. The number of nitrogens with zero attached hydrogens (tertiary/aromatic N) is 2. The molecule has 124 valence electrons. The largest absolute Gasteiger partial charge is 0.486 e. The van der Waals surface area contributed by atoms with Crippen LogP contribution in [0.25, 0.3) is 11.0 Å². The van der Waals surface area contributed by atoms with Gasteiger partial charge in [0.25, 0.3) is 0 Å². The van der Waals surface area contributed by atoms with E-state index in [-0.39, 0.29) is 6.04 Å². The van der Waals surface area contributed by atoms with Crippen LogP contribution in [0.5, 0.6) is 11.5 Å². The van der Waals surface area contributed by atoms with Crippen molar-refractivity contribution in [1.82, 2.24) is 9.55 Å². The number of imidazole rings is 1. The first kappa shape index (κ1) is 15.3. The molecule has 0 bridgehead atoms. The van der Waals surface area contributed by atoms with E-state index in [2.05, 4.69) is 4.57 Å². The van der Waals surface area contributed by atoms with Gasteiger partial charge in [0, 0.05) is 23.7 Å². The lowest BCUT2D eigenvalue weighted by atomic mass is 10.2. The third kappa shape index (κ3) is 2.70. The second-order valence-electron chi connectivity index (χ2n) is 5.96. The van der Waals surface area contributed by atoms with Crippen molar-refractivity contribution in [2.45, 2.75) is 19.5 Å². The van der Waals surface area contributed by atoms with Gasteiger partial charge in [0.05, 0.1) is 17.1 Å². The summed E-state index contributed by atoms with van der Waals surface area (Å²) in [4.78, 5) is 4.71. The van der Waals surface area contributed by atoms with Gasteiger partial charge in [0.2, 0.25) is 0 Å². The topological polar surface area (TPSA) is 62.3 Å². The summed E-state index contributed by atoms with van der Waals surface area (Å²) in [5.41, 5.74) is 9.07. The van der Waals surface area contributed by atoms with Crippen LogP contribution in [0.2, 0.25) is 5.02 Å². The maximum atomic E-state index is 6.14. The molecule has 0 aliphatic carbocycles. The van der Waals surface area contributed by atoms with E-state index in [0.717, 1.165) is 33.9 Å². The predicted molar refractivity (Wildman–Crippen MR) is 93.9 cm³/mol. The SMILES string of the molecule is CC(N)c1nc2cc3c(cc2n1Cc1cccc(Cl)c1)OCCO3. The smallest absolute Gasteiger partial charge is 0.163 e. The van der Waals surface area contributed by atoms with Crippen LogP contribution in [0.15, 0.2) is 36.4 Å². The van der Waals surface area contributed by atoms with E-state index >= 15 is 0 Å². The van der Waals surface area contributed by atoms with Crippen LogP contribution < -0.4 is 15.2 Å². The Labute approximate surface area is 144 Å². The highest BCUT2D eigenvalue weighted by Gasteiger charge is 2.19. The molecule has 0 saturated carbocycles. The first-order chi connectivity index (χ1) is 11.6. The molecule has 6 heteroatoms. The minimum atomic E-state index is -0.185. The standard InChI is InChI=1S/C18H18ClN3O2/c1-11(20)18-21-14-8-16-17(24-6-5-23-16)9-15(14)22(18)10-12-3-2-4-13(19)7-12/h2-4,7-9,11H,5-6,10,20H2,1H3. The first-order valence-corrected chi connectivity index (χ1v) is 8.29. The van der Waals surface area contributed by atoms with Gasteiger partial charge in [-0.15, -0.1) is 0 Å². The van der Waals surface area contributed by atoms with Crippen molar-refractivity contribution in [3.8, 4) is 11.5 Å². The average Bonchev–Trinajstić information content (AvgIpc) is 2.91. The van der Waals surface area contributed by atoms with Crippen LogP contribution in [0.4, 0.5) is 0 Å². The summed E-state index contributed by atoms with van der Waals surface area (Å²) >= 11 is 6.11. The number of rotatable bonds is 3. The van der Waals surface area contributed by atoms with Gasteiger partial charge >= 0.3 is 0 Å².